The number of carbonyl (C=O) groups is 3. The van der Waals surface area contributed by atoms with Crippen LogP contribution in [0.3, 0.4) is 0 Å². The highest BCUT2D eigenvalue weighted by atomic mass is 16.2. The molecule has 6 heteroatoms. The van der Waals surface area contributed by atoms with E-state index in [1.165, 1.54) is 32.1 Å². The fraction of sp³-hybridized carbons (Fsp3) is 0.897. The Bertz CT molecular complexity index is 626. The van der Waals surface area contributed by atoms with Crippen LogP contribution in [0, 0.1) is 11.3 Å². The maximum atomic E-state index is 12.8. The van der Waals surface area contributed by atoms with E-state index in [0.29, 0.717) is 19.5 Å². The molecule has 0 saturated heterocycles. The SMILES string of the molecule is CC(C)(C)N[C@@H](CCCCNC(=O)CCCCCNC(=O)C1CCCCCCC1)C(=O)C(C)(C)C. The Morgan fingerprint density at radius 1 is 0.743 bits per heavy atom. The van der Waals surface area contributed by atoms with Gasteiger partial charge in [0.1, 0.15) is 0 Å². The van der Waals surface area contributed by atoms with Crippen molar-refractivity contribution in [3.63, 3.8) is 0 Å². The van der Waals surface area contributed by atoms with Crippen LogP contribution in [0.1, 0.15) is 131 Å². The van der Waals surface area contributed by atoms with Crippen LogP contribution < -0.4 is 16.0 Å². The first-order valence-electron chi connectivity index (χ1n) is 14.3. The van der Waals surface area contributed by atoms with E-state index >= 15 is 0 Å². The predicted molar refractivity (Wildman–Crippen MR) is 145 cm³/mol. The number of hydrogen-bond donors (Lipinski definition) is 3. The summed E-state index contributed by atoms with van der Waals surface area (Å²) in [5, 5.41) is 9.60. The monoisotopic (exact) mass is 493 g/mol. The number of nitrogens with one attached hydrogen (secondary N) is 3. The number of rotatable bonds is 14. The summed E-state index contributed by atoms with van der Waals surface area (Å²) in [6.45, 7) is 13.5. The Morgan fingerprint density at radius 2 is 1.31 bits per heavy atom. The van der Waals surface area contributed by atoms with Gasteiger partial charge in [-0.2, -0.15) is 0 Å². The third-order valence-electron chi connectivity index (χ3n) is 6.76. The molecule has 1 saturated carbocycles. The summed E-state index contributed by atoms with van der Waals surface area (Å²) in [4.78, 5) is 37.3. The minimum atomic E-state index is -0.366. The normalized spacial score (nSPS) is 16.7. The van der Waals surface area contributed by atoms with E-state index in [2.05, 4.69) is 36.7 Å². The highest BCUT2D eigenvalue weighted by Crippen LogP contribution is 2.23. The molecule has 0 spiro atoms. The van der Waals surface area contributed by atoms with E-state index in [9.17, 15) is 14.4 Å². The van der Waals surface area contributed by atoms with Crippen molar-refractivity contribution in [2.24, 2.45) is 11.3 Å². The molecule has 1 rings (SSSR count). The zero-order chi connectivity index (χ0) is 26.3. The topological polar surface area (TPSA) is 87.3 Å². The molecule has 3 N–H and O–H groups in total. The van der Waals surface area contributed by atoms with Gasteiger partial charge in [-0.15, -0.1) is 0 Å². The fourth-order valence-electron chi connectivity index (χ4n) is 4.77. The van der Waals surface area contributed by atoms with Gasteiger partial charge in [0.25, 0.3) is 0 Å². The van der Waals surface area contributed by atoms with Crippen LogP contribution in [0.4, 0.5) is 0 Å². The smallest absolute Gasteiger partial charge is 0.223 e. The average molecular weight is 494 g/mol. The number of unbranched alkanes of at least 4 members (excludes halogenated alkanes) is 3. The molecular formula is C29H55N3O3. The summed E-state index contributed by atoms with van der Waals surface area (Å²) < 4.78 is 0. The van der Waals surface area contributed by atoms with Crippen molar-refractivity contribution < 1.29 is 14.4 Å². The predicted octanol–water partition coefficient (Wildman–Crippen LogP) is 5.68. The summed E-state index contributed by atoms with van der Waals surface area (Å²) in [5.41, 5.74) is -0.480. The van der Waals surface area contributed by atoms with Gasteiger partial charge in [0.05, 0.1) is 6.04 Å². The van der Waals surface area contributed by atoms with E-state index in [0.717, 1.165) is 51.4 Å². The van der Waals surface area contributed by atoms with Crippen LogP contribution in [-0.4, -0.2) is 42.3 Å². The molecule has 204 valence electrons. The summed E-state index contributed by atoms with van der Waals surface area (Å²) in [6.07, 6.45) is 14.1. The highest BCUT2D eigenvalue weighted by molar-refractivity contribution is 5.88. The number of ketones is 1. The molecule has 35 heavy (non-hydrogen) atoms. The van der Waals surface area contributed by atoms with Gasteiger partial charge in [0, 0.05) is 36.4 Å². The quantitative estimate of drug-likeness (QED) is 0.272. The van der Waals surface area contributed by atoms with Crippen LogP contribution in [-0.2, 0) is 14.4 Å². The third-order valence-corrected chi connectivity index (χ3v) is 6.76. The first kappa shape index (κ1) is 31.6. The Morgan fingerprint density at radius 3 is 1.91 bits per heavy atom. The summed E-state index contributed by atoms with van der Waals surface area (Å²) >= 11 is 0. The molecule has 1 aliphatic rings. The lowest BCUT2D eigenvalue weighted by molar-refractivity contribution is -0.129. The van der Waals surface area contributed by atoms with Crippen molar-refractivity contribution in [3.8, 4) is 0 Å². The van der Waals surface area contributed by atoms with Gasteiger partial charge in [-0.1, -0.05) is 59.3 Å². The van der Waals surface area contributed by atoms with Gasteiger partial charge in [0.2, 0.25) is 11.8 Å². The van der Waals surface area contributed by atoms with Gasteiger partial charge in [0.15, 0.2) is 5.78 Å². The second-order valence-electron chi connectivity index (χ2n) is 12.6. The fourth-order valence-corrected chi connectivity index (χ4v) is 4.77. The molecular weight excluding hydrogens is 438 g/mol. The minimum Gasteiger partial charge on any atom is -0.356 e. The summed E-state index contributed by atoms with van der Waals surface area (Å²) in [6, 6.07) is -0.154. The Kier molecular flexibility index (Phi) is 14.8. The molecule has 0 aromatic rings. The van der Waals surface area contributed by atoms with Gasteiger partial charge < -0.3 is 16.0 Å². The van der Waals surface area contributed by atoms with Gasteiger partial charge >= 0.3 is 0 Å². The number of amides is 2. The van der Waals surface area contributed by atoms with Crippen molar-refractivity contribution in [3.05, 3.63) is 0 Å². The van der Waals surface area contributed by atoms with Gasteiger partial charge in [-0.05, 0) is 65.7 Å². The third kappa shape index (κ3) is 15.3. The van der Waals surface area contributed by atoms with Crippen molar-refractivity contribution >= 4 is 17.6 Å². The Balaban J connectivity index is 2.12. The lowest BCUT2D eigenvalue weighted by Crippen LogP contribution is -2.50. The molecule has 0 unspecified atom stereocenters. The second-order valence-corrected chi connectivity index (χ2v) is 12.6. The van der Waals surface area contributed by atoms with Crippen LogP contribution >= 0.6 is 0 Å². The summed E-state index contributed by atoms with van der Waals surface area (Å²) in [7, 11) is 0. The molecule has 0 aromatic carbocycles. The molecule has 2 amide bonds. The largest absolute Gasteiger partial charge is 0.356 e. The Hall–Kier alpha value is -1.43. The van der Waals surface area contributed by atoms with Crippen LogP contribution in [0.5, 0.6) is 0 Å². The lowest BCUT2D eigenvalue weighted by Gasteiger charge is -2.31. The minimum absolute atomic E-state index is 0.0960. The van der Waals surface area contributed by atoms with Crippen molar-refractivity contribution in [1.82, 2.24) is 16.0 Å². The molecule has 1 atom stereocenters. The van der Waals surface area contributed by atoms with Crippen LogP contribution in [0.15, 0.2) is 0 Å². The van der Waals surface area contributed by atoms with E-state index in [1.807, 2.05) is 20.8 Å². The number of hydrogen-bond acceptors (Lipinski definition) is 4. The standard InChI is InChI=1S/C29H55N3O3/c1-28(2,3)26(34)24(32-29(4,5)6)19-14-16-21-30-25(33)20-13-10-15-22-31-27(35)23-17-11-8-7-9-12-18-23/h23-24,32H,7-22H2,1-6H3,(H,30,33)(H,31,35)/t24-/m0/s1. The van der Waals surface area contributed by atoms with Crippen molar-refractivity contribution in [1.29, 1.82) is 0 Å². The maximum Gasteiger partial charge on any atom is 0.223 e. The van der Waals surface area contributed by atoms with E-state index in [4.69, 9.17) is 0 Å². The molecule has 0 radical (unpaired) electrons. The summed E-state index contributed by atoms with van der Waals surface area (Å²) in [5.74, 6) is 0.775. The van der Waals surface area contributed by atoms with Crippen molar-refractivity contribution in [2.45, 2.75) is 143 Å². The molecule has 0 aliphatic heterocycles. The highest BCUT2D eigenvalue weighted by Gasteiger charge is 2.31. The van der Waals surface area contributed by atoms with Crippen LogP contribution in [0.25, 0.3) is 0 Å². The first-order valence-corrected chi connectivity index (χ1v) is 14.3. The van der Waals surface area contributed by atoms with E-state index < -0.39 is 0 Å². The lowest BCUT2D eigenvalue weighted by atomic mass is 9.84. The molecule has 0 bridgehead atoms. The molecule has 6 nitrogen and oxygen atoms in total. The van der Waals surface area contributed by atoms with Crippen LogP contribution in [0.2, 0.25) is 0 Å². The molecule has 0 aromatic heterocycles. The number of Topliss-reactive ketones (excluding diaryl/α,β-unsaturated/α-hetero) is 1. The maximum absolute atomic E-state index is 12.8. The van der Waals surface area contributed by atoms with Crippen molar-refractivity contribution in [2.75, 3.05) is 13.1 Å². The van der Waals surface area contributed by atoms with E-state index in [1.54, 1.807) is 0 Å². The average Bonchev–Trinajstić information content (AvgIpc) is 2.72. The van der Waals surface area contributed by atoms with E-state index in [-0.39, 0.29) is 40.5 Å². The Labute approximate surface area is 215 Å². The zero-order valence-corrected chi connectivity index (χ0v) is 23.7. The second kappa shape index (κ2) is 16.3. The number of carbonyl (C=O) groups excluding carboxylic acids is 3. The first-order chi connectivity index (χ1) is 16.4. The molecule has 1 aliphatic carbocycles. The van der Waals surface area contributed by atoms with Gasteiger partial charge in [-0.25, -0.2) is 0 Å². The van der Waals surface area contributed by atoms with Gasteiger partial charge in [-0.3, -0.25) is 14.4 Å². The zero-order valence-electron chi connectivity index (χ0n) is 23.7. The molecule has 0 heterocycles. The molecule has 1 fully saturated rings.